The van der Waals surface area contributed by atoms with Gasteiger partial charge in [-0.05, 0) is 30.2 Å². The minimum absolute atomic E-state index is 0.281. The van der Waals surface area contributed by atoms with Gasteiger partial charge in [-0.3, -0.25) is 0 Å². The molecule has 0 aromatic heterocycles. The summed E-state index contributed by atoms with van der Waals surface area (Å²) < 4.78 is 43.2. The van der Waals surface area contributed by atoms with Crippen molar-refractivity contribution in [3.05, 3.63) is 29.3 Å². The van der Waals surface area contributed by atoms with Crippen LogP contribution in [0.3, 0.4) is 0 Å². The lowest BCUT2D eigenvalue weighted by Crippen LogP contribution is -2.38. The number of rotatable bonds is 1. The van der Waals surface area contributed by atoms with Gasteiger partial charge >= 0.3 is 6.18 Å². The number of alkyl halides is 3. The van der Waals surface area contributed by atoms with Crippen LogP contribution in [0, 0.1) is 5.41 Å². The maximum absolute atomic E-state index is 12.6. The van der Waals surface area contributed by atoms with Gasteiger partial charge in [0.2, 0.25) is 0 Å². The molecule has 0 fully saturated rings. The van der Waals surface area contributed by atoms with Gasteiger partial charge in [0.1, 0.15) is 5.75 Å². The molecular weight excluding hydrogens is 231 g/mol. The summed E-state index contributed by atoms with van der Waals surface area (Å²) in [6.07, 6.45) is -3.80. The first-order valence-corrected chi connectivity index (χ1v) is 5.37. The third-order valence-corrected chi connectivity index (χ3v) is 3.07. The van der Waals surface area contributed by atoms with E-state index < -0.39 is 11.7 Å². The SMILES string of the molecule is CC1(CN)COc2ccc(C(F)(F)F)cc2C1. The second-order valence-electron chi connectivity index (χ2n) is 4.80. The van der Waals surface area contributed by atoms with Crippen molar-refractivity contribution in [3.8, 4) is 5.75 Å². The first-order chi connectivity index (χ1) is 7.84. The van der Waals surface area contributed by atoms with Crippen molar-refractivity contribution in [1.29, 1.82) is 0 Å². The Morgan fingerprint density at radius 1 is 1.41 bits per heavy atom. The molecular formula is C12H14F3NO. The van der Waals surface area contributed by atoms with Crippen LogP contribution < -0.4 is 10.5 Å². The summed E-state index contributed by atoms with van der Waals surface area (Å²) in [5, 5.41) is 0. The number of halogens is 3. The van der Waals surface area contributed by atoms with Gasteiger partial charge < -0.3 is 10.5 Å². The zero-order valence-electron chi connectivity index (χ0n) is 9.47. The summed E-state index contributed by atoms with van der Waals surface area (Å²) in [6, 6.07) is 3.58. The molecule has 0 radical (unpaired) electrons. The molecule has 0 saturated carbocycles. The van der Waals surface area contributed by atoms with Crippen molar-refractivity contribution >= 4 is 0 Å². The van der Waals surface area contributed by atoms with Crippen LogP contribution in [0.25, 0.3) is 0 Å². The molecule has 0 saturated heterocycles. The smallest absolute Gasteiger partial charge is 0.416 e. The van der Waals surface area contributed by atoms with E-state index in [-0.39, 0.29) is 5.41 Å². The lowest BCUT2D eigenvalue weighted by Gasteiger charge is -2.34. The van der Waals surface area contributed by atoms with E-state index in [0.717, 1.165) is 12.1 Å². The molecule has 1 atom stereocenters. The third-order valence-electron chi connectivity index (χ3n) is 3.07. The molecule has 0 spiro atoms. The summed E-state index contributed by atoms with van der Waals surface area (Å²) in [6.45, 7) is 2.75. The Morgan fingerprint density at radius 3 is 2.71 bits per heavy atom. The number of fused-ring (bicyclic) bond motifs is 1. The lowest BCUT2D eigenvalue weighted by atomic mass is 9.82. The Bertz CT molecular complexity index is 430. The van der Waals surface area contributed by atoms with E-state index in [4.69, 9.17) is 10.5 Å². The largest absolute Gasteiger partial charge is 0.493 e. The van der Waals surface area contributed by atoms with Crippen molar-refractivity contribution < 1.29 is 17.9 Å². The topological polar surface area (TPSA) is 35.2 Å². The number of hydrogen-bond acceptors (Lipinski definition) is 2. The van der Waals surface area contributed by atoms with Crippen molar-refractivity contribution in [2.24, 2.45) is 11.1 Å². The second-order valence-corrected chi connectivity index (χ2v) is 4.80. The van der Waals surface area contributed by atoms with Crippen molar-refractivity contribution in [1.82, 2.24) is 0 Å². The van der Waals surface area contributed by atoms with Gasteiger partial charge in [0, 0.05) is 12.0 Å². The first-order valence-electron chi connectivity index (χ1n) is 5.37. The Kier molecular flexibility index (Phi) is 2.81. The van der Waals surface area contributed by atoms with Crippen LogP contribution in [0.2, 0.25) is 0 Å². The minimum Gasteiger partial charge on any atom is -0.493 e. The Hall–Kier alpha value is -1.23. The molecule has 1 aliphatic rings. The molecule has 1 aromatic rings. The molecule has 1 heterocycles. The fourth-order valence-electron chi connectivity index (χ4n) is 1.93. The average molecular weight is 245 g/mol. The van der Waals surface area contributed by atoms with E-state index in [1.165, 1.54) is 6.07 Å². The molecule has 1 unspecified atom stereocenters. The van der Waals surface area contributed by atoms with E-state index in [9.17, 15) is 13.2 Å². The maximum atomic E-state index is 12.6. The van der Waals surface area contributed by atoms with Crippen LogP contribution in [-0.4, -0.2) is 13.2 Å². The van der Waals surface area contributed by atoms with Gasteiger partial charge in [-0.2, -0.15) is 13.2 Å². The fourth-order valence-corrected chi connectivity index (χ4v) is 1.93. The summed E-state index contributed by atoms with van der Waals surface area (Å²) in [5.74, 6) is 0.531. The lowest BCUT2D eigenvalue weighted by molar-refractivity contribution is -0.137. The second kappa shape index (κ2) is 3.91. The fraction of sp³-hybridized carbons (Fsp3) is 0.500. The summed E-state index contributed by atoms with van der Waals surface area (Å²) in [7, 11) is 0. The first kappa shape index (κ1) is 12.2. The number of hydrogen-bond donors (Lipinski definition) is 1. The molecule has 1 aromatic carbocycles. The Balaban J connectivity index is 2.36. The van der Waals surface area contributed by atoms with Gasteiger partial charge in [0.15, 0.2) is 0 Å². The quantitative estimate of drug-likeness (QED) is 0.825. The molecule has 0 bridgehead atoms. The van der Waals surface area contributed by atoms with Crippen LogP contribution >= 0.6 is 0 Å². The molecule has 94 valence electrons. The highest BCUT2D eigenvalue weighted by molar-refractivity contribution is 5.40. The molecule has 0 aliphatic carbocycles. The monoisotopic (exact) mass is 245 g/mol. The maximum Gasteiger partial charge on any atom is 0.416 e. The van der Waals surface area contributed by atoms with Crippen LogP contribution in [-0.2, 0) is 12.6 Å². The number of benzene rings is 1. The summed E-state index contributed by atoms with van der Waals surface area (Å²) in [5.41, 5.74) is 5.28. The molecule has 2 nitrogen and oxygen atoms in total. The van der Waals surface area contributed by atoms with Crippen LogP contribution in [0.5, 0.6) is 5.75 Å². The number of ether oxygens (including phenoxy) is 1. The molecule has 0 amide bonds. The standard InChI is InChI=1S/C12H14F3NO/c1-11(6-16)5-8-4-9(12(13,14)15)2-3-10(8)17-7-11/h2-4H,5-7,16H2,1H3. The van der Waals surface area contributed by atoms with E-state index in [1.54, 1.807) is 0 Å². The van der Waals surface area contributed by atoms with Gasteiger partial charge in [0.25, 0.3) is 0 Å². The molecule has 5 heteroatoms. The van der Waals surface area contributed by atoms with E-state index in [1.807, 2.05) is 6.92 Å². The van der Waals surface area contributed by atoms with Crippen molar-refractivity contribution in [2.45, 2.75) is 19.5 Å². The van der Waals surface area contributed by atoms with Gasteiger partial charge in [-0.15, -0.1) is 0 Å². The highest BCUT2D eigenvalue weighted by atomic mass is 19.4. The average Bonchev–Trinajstić information content (AvgIpc) is 2.27. The zero-order chi connectivity index (χ0) is 12.7. The molecule has 17 heavy (non-hydrogen) atoms. The van der Waals surface area contributed by atoms with Gasteiger partial charge in [-0.25, -0.2) is 0 Å². The van der Waals surface area contributed by atoms with E-state index >= 15 is 0 Å². The summed E-state index contributed by atoms with van der Waals surface area (Å²) >= 11 is 0. The highest BCUT2D eigenvalue weighted by Crippen LogP contribution is 2.38. The van der Waals surface area contributed by atoms with Crippen LogP contribution in [0.4, 0.5) is 13.2 Å². The normalized spacial score (nSPS) is 24.1. The Morgan fingerprint density at radius 2 is 2.12 bits per heavy atom. The van der Waals surface area contributed by atoms with Crippen LogP contribution in [0.1, 0.15) is 18.1 Å². The van der Waals surface area contributed by atoms with Crippen LogP contribution in [0.15, 0.2) is 18.2 Å². The third kappa shape index (κ3) is 2.39. The molecule has 2 rings (SSSR count). The van der Waals surface area contributed by atoms with Gasteiger partial charge in [0.05, 0.1) is 12.2 Å². The van der Waals surface area contributed by atoms with Gasteiger partial charge in [-0.1, -0.05) is 6.92 Å². The molecule has 1 aliphatic heterocycles. The van der Waals surface area contributed by atoms with E-state index in [2.05, 4.69) is 0 Å². The van der Waals surface area contributed by atoms with Crippen molar-refractivity contribution in [2.75, 3.05) is 13.2 Å². The highest BCUT2D eigenvalue weighted by Gasteiger charge is 2.34. The predicted molar refractivity (Wildman–Crippen MR) is 57.8 cm³/mol. The van der Waals surface area contributed by atoms with E-state index in [0.29, 0.717) is 30.9 Å². The summed E-state index contributed by atoms with van der Waals surface area (Å²) in [4.78, 5) is 0. The predicted octanol–water partition coefficient (Wildman–Crippen LogP) is 2.61. The Labute approximate surface area is 97.6 Å². The minimum atomic E-state index is -4.31. The molecule has 2 N–H and O–H groups in total. The van der Waals surface area contributed by atoms with Crippen molar-refractivity contribution in [3.63, 3.8) is 0 Å². The zero-order valence-corrected chi connectivity index (χ0v) is 9.47. The number of nitrogens with two attached hydrogens (primary N) is 1.